The van der Waals surface area contributed by atoms with Crippen LogP contribution in [0.3, 0.4) is 0 Å². The van der Waals surface area contributed by atoms with E-state index in [0.717, 1.165) is 37.7 Å². The number of anilines is 1. The van der Waals surface area contributed by atoms with Crippen LogP contribution in [0.4, 0.5) is 5.69 Å². The number of rotatable bonds is 6. The van der Waals surface area contributed by atoms with Crippen molar-refractivity contribution in [3.8, 4) is 0 Å². The van der Waals surface area contributed by atoms with Crippen LogP contribution in [0.5, 0.6) is 0 Å². The number of hydrogen-bond donors (Lipinski definition) is 2. The standard InChI is InChI=1S/C28H26N4O4/c33-25(20-5-4-14-29-17-20)30-16-18-8-11-21(12-9-18)31-26(34)19-10-13-23-24(15-19)28(36)32(27(23)35)22-6-2-1-3-7-22/h4-5,8-15,17,22H,1-3,6-7,16H2,(H,30,33)(H,31,34). The molecule has 2 aromatic carbocycles. The summed E-state index contributed by atoms with van der Waals surface area (Å²) in [7, 11) is 0. The zero-order valence-electron chi connectivity index (χ0n) is 19.7. The Morgan fingerprint density at radius 3 is 2.33 bits per heavy atom. The van der Waals surface area contributed by atoms with E-state index in [0.29, 0.717) is 28.9 Å². The molecule has 36 heavy (non-hydrogen) atoms. The van der Waals surface area contributed by atoms with Crippen molar-refractivity contribution >= 4 is 29.3 Å². The van der Waals surface area contributed by atoms with Crippen molar-refractivity contribution in [1.82, 2.24) is 15.2 Å². The SMILES string of the molecule is O=C(NCc1ccc(NC(=O)c2ccc3c(c2)C(=O)N(C2CCCCC2)C3=O)cc1)c1cccnc1. The molecule has 8 heteroatoms. The van der Waals surface area contributed by atoms with Crippen LogP contribution < -0.4 is 10.6 Å². The van der Waals surface area contributed by atoms with E-state index in [1.54, 1.807) is 42.6 Å². The van der Waals surface area contributed by atoms with Gasteiger partial charge in [0.05, 0.1) is 16.7 Å². The molecule has 0 atom stereocenters. The van der Waals surface area contributed by atoms with Crippen LogP contribution in [0.2, 0.25) is 0 Å². The molecule has 2 aliphatic rings. The zero-order chi connectivity index (χ0) is 25.1. The summed E-state index contributed by atoms with van der Waals surface area (Å²) in [5.41, 5.74) is 2.90. The quantitative estimate of drug-likeness (QED) is 0.512. The second-order valence-corrected chi connectivity index (χ2v) is 9.11. The zero-order valence-corrected chi connectivity index (χ0v) is 19.7. The van der Waals surface area contributed by atoms with Gasteiger partial charge < -0.3 is 10.6 Å². The average molecular weight is 483 g/mol. The Morgan fingerprint density at radius 1 is 0.861 bits per heavy atom. The number of pyridine rings is 1. The summed E-state index contributed by atoms with van der Waals surface area (Å²) in [6.07, 6.45) is 7.94. The molecular formula is C28H26N4O4. The highest BCUT2D eigenvalue weighted by atomic mass is 16.2. The number of aromatic nitrogens is 1. The van der Waals surface area contributed by atoms with Crippen LogP contribution in [-0.2, 0) is 6.54 Å². The largest absolute Gasteiger partial charge is 0.348 e. The van der Waals surface area contributed by atoms with E-state index in [4.69, 9.17) is 0 Å². The minimum absolute atomic E-state index is 0.0592. The lowest BCUT2D eigenvalue weighted by atomic mass is 9.94. The van der Waals surface area contributed by atoms with Gasteiger partial charge in [-0.25, -0.2) is 0 Å². The smallest absolute Gasteiger partial charge is 0.261 e. The fourth-order valence-electron chi connectivity index (χ4n) is 4.76. The van der Waals surface area contributed by atoms with Crippen molar-refractivity contribution in [2.75, 3.05) is 5.32 Å². The Morgan fingerprint density at radius 2 is 1.61 bits per heavy atom. The van der Waals surface area contributed by atoms with Gasteiger partial charge in [-0.2, -0.15) is 0 Å². The number of amides is 4. The second-order valence-electron chi connectivity index (χ2n) is 9.11. The number of hydrogen-bond acceptors (Lipinski definition) is 5. The van der Waals surface area contributed by atoms with Crippen molar-refractivity contribution in [1.29, 1.82) is 0 Å². The Kier molecular flexibility index (Phi) is 6.58. The molecule has 3 aromatic rings. The van der Waals surface area contributed by atoms with E-state index in [1.807, 2.05) is 12.1 Å². The van der Waals surface area contributed by atoms with Gasteiger partial charge in [0.25, 0.3) is 23.6 Å². The third kappa shape index (κ3) is 4.75. The Bertz CT molecular complexity index is 1320. The van der Waals surface area contributed by atoms with Crippen LogP contribution in [0.15, 0.2) is 67.0 Å². The molecule has 2 heterocycles. The third-order valence-corrected chi connectivity index (χ3v) is 6.71. The van der Waals surface area contributed by atoms with E-state index < -0.39 is 0 Å². The van der Waals surface area contributed by atoms with E-state index in [-0.39, 0.29) is 35.2 Å². The van der Waals surface area contributed by atoms with E-state index in [2.05, 4.69) is 15.6 Å². The summed E-state index contributed by atoms with van der Waals surface area (Å²) in [6.45, 7) is 0.334. The Balaban J connectivity index is 1.21. The summed E-state index contributed by atoms with van der Waals surface area (Å²) >= 11 is 0. The molecule has 0 saturated heterocycles. The van der Waals surface area contributed by atoms with Crippen LogP contribution >= 0.6 is 0 Å². The maximum Gasteiger partial charge on any atom is 0.261 e. The minimum Gasteiger partial charge on any atom is -0.348 e. The van der Waals surface area contributed by atoms with Crippen molar-refractivity contribution in [2.24, 2.45) is 0 Å². The lowest BCUT2D eigenvalue weighted by molar-refractivity contribution is 0.0548. The van der Waals surface area contributed by atoms with Gasteiger partial charge in [-0.1, -0.05) is 31.4 Å². The normalized spacial score (nSPS) is 15.5. The van der Waals surface area contributed by atoms with Crippen LogP contribution in [0.25, 0.3) is 0 Å². The molecule has 8 nitrogen and oxygen atoms in total. The van der Waals surface area contributed by atoms with Crippen molar-refractivity contribution in [2.45, 2.75) is 44.7 Å². The number of nitrogens with one attached hydrogen (secondary N) is 2. The number of benzene rings is 2. The minimum atomic E-state index is -0.369. The molecule has 1 saturated carbocycles. The number of nitrogens with zero attached hydrogens (tertiary/aromatic N) is 2. The van der Waals surface area contributed by atoms with Gasteiger partial charge in [0.1, 0.15) is 0 Å². The van der Waals surface area contributed by atoms with Crippen molar-refractivity contribution in [3.63, 3.8) is 0 Å². The average Bonchev–Trinajstić information content (AvgIpc) is 3.18. The highest BCUT2D eigenvalue weighted by Gasteiger charge is 2.40. The molecule has 5 rings (SSSR count). The van der Waals surface area contributed by atoms with Gasteiger partial charge in [0.15, 0.2) is 0 Å². The first-order valence-corrected chi connectivity index (χ1v) is 12.1. The maximum absolute atomic E-state index is 13.0. The summed E-state index contributed by atoms with van der Waals surface area (Å²) in [5, 5.41) is 5.65. The summed E-state index contributed by atoms with van der Waals surface area (Å²) < 4.78 is 0. The highest BCUT2D eigenvalue weighted by molar-refractivity contribution is 6.22. The number of fused-ring (bicyclic) bond motifs is 1. The molecule has 1 aliphatic heterocycles. The third-order valence-electron chi connectivity index (χ3n) is 6.71. The fourth-order valence-corrected chi connectivity index (χ4v) is 4.76. The van der Waals surface area contributed by atoms with E-state index in [1.165, 1.54) is 17.2 Å². The maximum atomic E-state index is 13.0. The molecular weight excluding hydrogens is 456 g/mol. The molecule has 4 amide bonds. The van der Waals surface area contributed by atoms with Gasteiger partial charge in [-0.3, -0.25) is 29.1 Å². The lowest BCUT2D eigenvalue weighted by Gasteiger charge is -2.29. The van der Waals surface area contributed by atoms with Crippen LogP contribution in [0.1, 0.15) is 79.1 Å². The predicted molar refractivity (Wildman–Crippen MR) is 134 cm³/mol. The fraction of sp³-hybridized carbons (Fsp3) is 0.250. The van der Waals surface area contributed by atoms with E-state index in [9.17, 15) is 19.2 Å². The molecule has 0 spiro atoms. The molecule has 2 N–H and O–H groups in total. The van der Waals surface area contributed by atoms with Crippen LogP contribution in [0, 0.1) is 0 Å². The van der Waals surface area contributed by atoms with Gasteiger partial charge in [-0.05, 0) is 60.9 Å². The molecule has 1 fully saturated rings. The first-order valence-electron chi connectivity index (χ1n) is 12.1. The van der Waals surface area contributed by atoms with Gasteiger partial charge in [0, 0.05) is 36.2 Å². The molecule has 182 valence electrons. The Labute approximate surface area is 208 Å². The summed E-state index contributed by atoms with van der Waals surface area (Å²) in [5.74, 6) is -1.16. The first kappa shape index (κ1) is 23.4. The Hall–Kier alpha value is -4.33. The van der Waals surface area contributed by atoms with E-state index >= 15 is 0 Å². The molecule has 1 aromatic heterocycles. The molecule has 0 radical (unpaired) electrons. The predicted octanol–water partition coefficient (Wildman–Crippen LogP) is 4.19. The summed E-state index contributed by atoms with van der Waals surface area (Å²) in [6, 6.07) is 15.1. The molecule has 1 aliphatic carbocycles. The summed E-state index contributed by atoms with van der Waals surface area (Å²) in [4.78, 5) is 56.2. The van der Waals surface area contributed by atoms with Crippen molar-refractivity contribution < 1.29 is 19.2 Å². The molecule has 0 unspecified atom stereocenters. The number of imide groups is 1. The lowest BCUT2D eigenvalue weighted by Crippen LogP contribution is -2.40. The van der Waals surface area contributed by atoms with Crippen LogP contribution in [-0.4, -0.2) is 39.6 Å². The van der Waals surface area contributed by atoms with Gasteiger partial charge in [0.2, 0.25) is 0 Å². The van der Waals surface area contributed by atoms with Crippen molar-refractivity contribution in [3.05, 3.63) is 94.8 Å². The van der Waals surface area contributed by atoms with Gasteiger partial charge in [-0.15, -0.1) is 0 Å². The number of carbonyl (C=O) groups excluding carboxylic acids is 4. The topological polar surface area (TPSA) is 108 Å². The second kappa shape index (κ2) is 10.1. The molecule has 0 bridgehead atoms. The first-order chi connectivity index (χ1) is 17.5. The monoisotopic (exact) mass is 482 g/mol. The number of carbonyl (C=O) groups is 4. The van der Waals surface area contributed by atoms with Gasteiger partial charge >= 0.3 is 0 Å². The highest BCUT2D eigenvalue weighted by Crippen LogP contribution is 2.31.